The third kappa shape index (κ3) is 3.62. The Hall–Kier alpha value is -0.770. The Labute approximate surface area is 121 Å². The van der Waals surface area contributed by atoms with Gasteiger partial charge in [-0.3, -0.25) is 0 Å². The number of hydrogen-bond donors (Lipinski definition) is 1. The van der Waals surface area contributed by atoms with Crippen molar-refractivity contribution in [2.75, 3.05) is 38.6 Å². The number of halogens is 1. The van der Waals surface area contributed by atoms with E-state index in [0.717, 1.165) is 30.2 Å². The molecule has 1 aliphatic rings. The van der Waals surface area contributed by atoms with E-state index < -0.39 is 0 Å². The lowest BCUT2D eigenvalue weighted by Gasteiger charge is -2.30. The van der Waals surface area contributed by atoms with Gasteiger partial charge in [-0.2, -0.15) is 0 Å². The van der Waals surface area contributed by atoms with Crippen LogP contribution in [0.3, 0.4) is 0 Å². The Morgan fingerprint density at radius 2 is 2.16 bits per heavy atom. The second-order valence-electron chi connectivity index (χ2n) is 5.46. The summed E-state index contributed by atoms with van der Waals surface area (Å²) in [6.45, 7) is 6.49. The van der Waals surface area contributed by atoms with Crippen molar-refractivity contribution in [2.24, 2.45) is 0 Å². The molecule has 4 heteroatoms. The normalized spacial score (nSPS) is 21.5. The molecule has 1 atom stereocenters. The number of hydrogen-bond acceptors (Lipinski definition) is 3. The summed E-state index contributed by atoms with van der Waals surface area (Å²) in [6.07, 6.45) is 1.21. The highest BCUT2D eigenvalue weighted by Crippen LogP contribution is 2.26. The molecule has 19 heavy (non-hydrogen) atoms. The van der Waals surface area contributed by atoms with Gasteiger partial charge >= 0.3 is 0 Å². The van der Waals surface area contributed by atoms with Crippen LogP contribution in [0.2, 0.25) is 5.02 Å². The molecule has 3 nitrogen and oxygen atoms in total. The summed E-state index contributed by atoms with van der Waals surface area (Å²) in [5, 5.41) is 4.00. The Bertz CT molecular complexity index is 422. The minimum atomic E-state index is 0.527. The minimum Gasteiger partial charge on any atom is -0.367 e. The third-order valence-electron chi connectivity index (χ3n) is 3.78. The van der Waals surface area contributed by atoms with E-state index in [9.17, 15) is 0 Å². The van der Waals surface area contributed by atoms with Gasteiger partial charge in [-0.1, -0.05) is 17.7 Å². The molecule has 1 unspecified atom stereocenters. The summed E-state index contributed by atoms with van der Waals surface area (Å²) in [7, 11) is 4.14. The highest BCUT2D eigenvalue weighted by molar-refractivity contribution is 6.31. The first kappa shape index (κ1) is 14.6. The maximum atomic E-state index is 6.37. The van der Waals surface area contributed by atoms with Gasteiger partial charge in [0.1, 0.15) is 0 Å². The van der Waals surface area contributed by atoms with Crippen LogP contribution in [-0.2, 0) is 6.54 Å². The van der Waals surface area contributed by atoms with Crippen molar-refractivity contribution >= 4 is 17.3 Å². The van der Waals surface area contributed by atoms with Gasteiger partial charge in [0, 0.05) is 36.4 Å². The van der Waals surface area contributed by atoms with Crippen LogP contribution in [0.4, 0.5) is 5.69 Å². The molecule has 106 valence electrons. The zero-order chi connectivity index (χ0) is 13.8. The number of anilines is 1. The van der Waals surface area contributed by atoms with Gasteiger partial charge in [0.25, 0.3) is 0 Å². The Morgan fingerprint density at radius 3 is 2.84 bits per heavy atom. The predicted octanol–water partition coefficient (Wildman–Crippen LogP) is 2.59. The quantitative estimate of drug-likeness (QED) is 0.919. The van der Waals surface area contributed by atoms with E-state index in [1.54, 1.807) is 0 Å². The first-order valence-electron chi connectivity index (χ1n) is 7.00. The second-order valence-corrected chi connectivity index (χ2v) is 5.87. The topological polar surface area (TPSA) is 18.5 Å². The average Bonchev–Trinajstić information content (AvgIpc) is 2.53. The fourth-order valence-electron chi connectivity index (χ4n) is 2.80. The van der Waals surface area contributed by atoms with Gasteiger partial charge in [-0.15, -0.1) is 0 Å². The minimum absolute atomic E-state index is 0.527. The van der Waals surface area contributed by atoms with Crippen molar-refractivity contribution in [2.45, 2.75) is 25.9 Å². The van der Waals surface area contributed by atoms with E-state index in [1.165, 1.54) is 18.7 Å². The summed E-state index contributed by atoms with van der Waals surface area (Å²) in [4.78, 5) is 4.88. The van der Waals surface area contributed by atoms with Crippen LogP contribution < -0.4 is 10.2 Å². The number of nitrogens with one attached hydrogen (secondary N) is 1. The lowest BCUT2D eigenvalue weighted by molar-refractivity contribution is 0.337. The van der Waals surface area contributed by atoms with Crippen molar-refractivity contribution < 1.29 is 0 Å². The van der Waals surface area contributed by atoms with Crippen molar-refractivity contribution in [1.29, 1.82) is 0 Å². The number of likely N-dealkylation sites (N-methyl/N-ethyl adjacent to an activating group) is 1. The molecule has 0 aliphatic carbocycles. The van der Waals surface area contributed by atoms with Crippen LogP contribution in [0.25, 0.3) is 0 Å². The zero-order valence-corrected chi connectivity index (χ0v) is 12.9. The van der Waals surface area contributed by atoms with E-state index in [0.29, 0.717) is 6.04 Å². The molecule has 0 saturated carbocycles. The van der Waals surface area contributed by atoms with Gasteiger partial charge < -0.3 is 15.1 Å². The Balaban J connectivity index is 2.18. The molecule has 1 saturated heterocycles. The largest absolute Gasteiger partial charge is 0.367 e. The number of nitrogens with zero attached hydrogens (tertiary/aromatic N) is 2. The molecule has 1 aromatic rings. The first-order chi connectivity index (χ1) is 9.11. The monoisotopic (exact) mass is 281 g/mol. The Morgan fingerprint density at radius 1 is 1.37 bits per heavy atom. The molecule has 0 amide bonds. The molecule has 0 radical (unpaired) electrons. The van der Waals surface area contributed by atoms with E-state index in [4.69, 9.17) is 11.6 Å². The van der Waals surface area contributed by atoms with Crippen LogP contribution in [0.5, 0.6) is 0 Å². The average molecular weight is 282 g/mol. The zero-order valence-electron chi connectivity index (χ0n) is 12.1. The fraction of sp³-hybridized carbons (Fsp3) is 0.600. The maximum absolute atomic E-state index is 6.37. The maximum Gasteiger partial charge on any atom is 0.0471 e. The lowest BCUT2D eigenvalue weighted by Crippen LogP contribution is -2.37. The highest BCUT2D eigenvalue weighted by Gasteiger charge is 2.20. The second kappa shape index (κ2) is 6.60. The molecule has 1 aliphatic heterocycles. The molecular formula is C15H24ClN3. The van der Waals surface area contributed by atoms with Crippen LogP contribution in [0.1, 0.15) is 18.9 Å². The standard InChI is InChI=1S/C15H24ClN3/c1-12-11-18(3)7-4-8-19(12)14-6-5-13(10-17-2)15(16)9-14/h5-6,9,12,17H,4,7-8,10-11H2,1-3H3. The molecular weight excluding hydrogens is 258 g/mol. The fourth-order valence-corrected chi connectivity index (χ4v) is 3.05. The molecule has 1 fully saturated rings. The van der Waals surface area contributed by atoms with Crippen LogP contribution in [0, 0.1) is 0 Å². The van der Waals surface area contributed by atoms with E-state index in [-0.39, 0.29) is 0 Å². The van der Waals surface area contributed by atoms with Crippen LogP contribution >= 0.6 is 11.6 Å². The smallest absolute Gasteiger partial charge is 0.0471 e. The van der Waals surface area contributed by atoms with Crippen molar-refractivity contribution in [3.8, 4) is 0 Å². The molecule has 2 rings (SSSR count). The number of rotatable bonds is 3. The van der Waals surface area contributed by atoms with Crippen LogP contribution in [0.15, 0.2) is 18.2 Å². The lowest BCUT2D eigenvalue weighted by atomic mass is 10.1. The summed E-state index contributed by atoms with van der Waals surface area (Å²) in [5.41, 5.74) is 2.40. The predicted molar refractivity (Wildman–Crippen MR) is 83.1 cm³/mol. The summed E-state index contributed by atoms with van der Waals surface area (Å²) < 4.78 is 0. The van der Waals surface area contributed by atoms with Gasteiger partial charge in [-0.05, 0) is 51.7 Å². The molecule has 0 spiro atoms. The first-order valence-corrected chi connectivity index (χ1v) is 7.38. The summed E-state index contributed by atoms with van der Waals surface area (Å²) >= 11 is 6.37. The summed E-state index contributed by atoms with van der Waals surface area (Å²) in [6, 6.07) is 6.96. The van der Waals surface area contributed by atoms with Gasteiger partial charge in [0.15, 0.2) is 0 Å². The van der Waals surface area contributed by atoms with E-state index >= 15 is 0 Å². The third-order valence-corrected chi connectivity index (χ3v) is 4.13. The molecule has 1 N–H and O–H groups in total. The van der Waals surface area contributed by atoms with Gasteiger partial charge in [0.05, 0.1) is 0 Å². The van der Waals surface area contributed by atoms with E-state index in [1.807, 2.05) is 7.05 Å². The van der Waals surface area contributed by atoms with Crippen molar-refractivity contribution in [3.63, 3.8) is 0 Å². The van der Waals surface area contributed by atoms with Crippen LogP contribution in [-0.4, -0.2) is 44.7 Å². The van der Waals surface area contributed by atoms with Crippen molar-refractivity contribution in [3.05, 3.63) is 28.8 Å². The van der Waals surface area contributed by atoms with Crippen molar-refractivity contribution in [1.82, 2.24) is 10.2 Å². The SMILES string of the molecule is CNCc1ccc(N2CCCN(C)CC2C)cc1Cl. The van der Waals surface area contributed by atoms with Gasteiger partial charge in [-0.25, -0.2) is 0 Å². The van der Waals surface area contributed by atoms with Gasteiger partial charge in [0.2, 0.25) is 0 Å². The molecule has 0 bridgehead atoms. The molecule has 1 aromatic carbocycles. The summed E-state index contributed by atoms with van der Waals surface area (Å²) in [5.74, 6) is 0. The highest BCUT2D eigenvalue weighted by atomic mass is 35.5. The Kier molecular flexibility index (Phi) is 5.08. The molecule has 1 heterocycles. The van der Waals surface area contributed by atoms with E-state index in [2.05, 4.69) is 47.3 Å². The molecule has 0 aromatic heterocycles. The number of benzene rings is 1.